The van der Waals surface area contributed by atoms with Crippen molar-refractivity contribution in [2.75, 3.05) is 33.9 Å². The Labute approximate surface area is 186 Å². The van der Waals surface area contributed by atoms with E-state index < -0.39 is 11.9 Å². The predicted molar refractivity (Wildman–Crippen MR) is 119 cm³/mol. The second-order valence-electron chi connectivity index (χ2n) is 7.39. The number of likely N-dealkylation sites (tertiary alicyclic amines) is 1. The highest BCUT2D eigenvalue weighted by Crippen LogP contribution is 2.37. The Kier molecular flexibility index (Phi) is 9.75. The Morgan fingerprint density at radius 2 is 1.84 bits per heavy atom. The van der Waals surface area contributed by atoms with Gasteiger partial charge in [-0.3, -0.25) is 4.90 Å². The lowest BCUT2D eigenvalue weighted by Gasteiger charge is -2.31. The molecule has 1 aromatic carbocycles. The maximum Gasteiger partial charge on any atom is 0.328 e. The summed E-state index contributed by atoms with van der Waals surface area (Å²) in [5.41, 5.74) is 1.69. The van der Waals surface area contributed by atoms with E-state index in [0.29, 0.717) is 29.2 Å². The van der Waals surface area contributed by atoms with E-state index in [1.54, 1.807) is 14.2 Å². The van der Waals surface area contributed by atoms with Gasteiger partial charge in [-0.25, -0.2) is 9.59 Å². The second kappa shape index (κ2) is 12.5. The van der Waals surface area contributed by atoms with E-state index in [0.717, 1.165) is 36.4 Å². The largest absolute Gasteiger partial charge is 0.493 e. The first-order chi connectivity index (χ1) is 15.4. The van der Waals surface area contributed by atoms with Gasteiger partial charge >= 0.3 is 11.9 Å². The zero-order chi connectivity index (χ0) is 23.5. The third-order valence-corrected chi connectivity index (χ3v) is 5.31. The number of benzene rings is 1. The lowest BCUT2D eigenvalue weighted by molar-refractivity contribution is -0.134. The van der Waals surface area contributed by atoms with Gasteiger partial charge < -0.3 is 24.2 Å². The summed E-state index contributed by atoms with van der Waals surface area (Å²) in [7, 11) is 3.25. The standard InChI is InChI=1S/C19H26N2O3.C4H4O4/c1-4-11-21-12-9-14(10-13-21)5-7-16-15-6-8-17(22-2)19(23-3)18(15)24-20-16;5-3(6)1-2-4(7)8/h4,6,8,14H,1,5,7,9-13H2,2-3H3;1-2H,(H,5,6)(H,7,8). The second-order valence-corrected chi connectivity index (χ2v) is 7.39. The van der Waals surface area contributed by atoms with E-state index in [-0.39, 0.29) is 0 Å². The van der Waals surface area contributed by atoms with Crippen LogP contribution in [0.4, 0.5) is 0 Å². The van der Waals surface area contributed by atoms with Gasteiger partial charge in [0.25, 0.3) is 0 Å². The molecule has 1 aromatic heterocycles. The number of fused-ring (bicyclic) bond motifs is 1. The number of rotatable bonds is 9. The first-order valence-corrected chi connectivity index (χ1v) is 10.4. The Morgan fingerprint density at radius 3 is 2.38 bits per heavy atom. The topological polar surface area (TPSA) is 122 Å². The van der Waals surface area contributed by atoms with Crippen LogP contribution in [0.2, 0.25) is 0 Å². The van der Waals surface area contributed by atoms with Gasteiger partial charge in [-0.1, -0.05) is 11.2 Å². The van der Waals surface area contributed by atoms with E-state index in [1.807, 2.05) is 18.2 Å². The minimum atomic E-state index is -1.26. The molecule has 9 heteroatoms. The lowest BCUT2D eigenvalue weighted by Crippen LogP contribution is -2.33. The Hall–Kier alpha value is -3.33. The molecule has 1 aliphatic rings. The summed E-state index contributed by atoms with van der Waals surface area (Å²) >= 11 is 0. The van der Waals surface area contributed by atoms with Crippen molar-refractivity contribution in [3.05, 3.63) is 42.6 Å². The first kappa shape index (κ1) is 24.9. The molecule has 2 N–H and O–H groups in total. The summed E-state index contributed by atoms with van der Waals surface area (Å²) in [6, 6.07) is 3.92. The monoisotopic (exact) mass is 446 g/mol. The molecule has 2 aromatic rings. The lowest BCUT2D eigenvalue weighted by atomic mass is 9.91. The van der Waals surface area contributed by atoms with Gasteiger partial charge in [0.15, 0.2) is 5.75 Å². The summed E-state index contributed by atoms with van der Waals surface area (Å²) in [5, 5.41) is 20.9. The number of carboxylic acid groups (broad SMARTS) is 2. The van der Waals surface area contributed by atoms with Gasteiger partial charge in [-0.2, -0.15) is 0 Å². The number of aromatic nitrogens is 1. The van der Waals surface area contributed by atoms with Crippen molar-refractivity contribution in [2.24, 2.45) is 5.92 Å². The van der Waals surface area contributed by atoms with Crippen LogP contribution in [0.15, 0.2) is 41.5 Å². The molecule has 0 saturated carbocycles. The van der Waals surface area contributed by atoms with E-state index in [9.17, 15) is 9.59 Å². The fourth-order valence-electron chi connectivity index (χ4n) is 3.67. The van der Waals surface area contributed by atoms with Gasteiger partial charge in [0.05, 0.1) is 19.9 Å². The molecule has 0 atom stereocenters. The van der Waals surface area contributed by atoms with Crippen LogP contribution >= 0.6 is 0 Å². The third kappa shape index (κ3) is 7.12. The smallest absolute Gasteiger partial charge is 0.328 e. The van der Waals surface area contributed by atoms with Crippen LogP contribution in [0.3, 0.4) is 0 Å². The molecule has 32 heavy (non-hydrogen) atoms. The summed E-state index contributed by atoms with van der Waals surface area (Å²) < 4.78 is 16.3. The van der Waals surface area contributed by atoms with Crippen LogP contribution in [-0.4, -0.2) is 66.1 Å². The van der Waals surface area contributed by atoms with E-state index in [2.05, 4.69) is 16.6 Å². The Bertz CT molecular complexity index is 927. The number of nitrogens with zero attached hydrogens (tertiary/aromatic N) is 2. The normalized spacial score (nSPS) is 14.7. The van der Waals surface area contributed by atoms with Crippen molar-refractivity contribution in [3.8, 4) is 11.5 Å². The highest BCUT2D eigenvalue weighted by molar-refractivity contribution is 5.89. The highest BCUT2D eigenvalue weighted by Gasteiger charge is 2.21. The van der Waals surface area contributed by atoms with Crippen molar-refractivity contribution < 1.29 is 33.8 Å². The average molecular weight is 447 g/mol. The molecule has 9 nitrogen and oxygen atoms in total. The SMILES string of the molecule is C=CCN1CCC(CCc2noc3c(OC)c(OC)ccc23)CC1.O=C(O)C=CC(=O)O. The highest BCUT2D eigenvalue weighted by atomic mass is 16.5. The molecule has 0 bridgehead atoms. The zero-order valence-corrected chi connectivity index (χ0v) is 18.5. The van der Waals surface area contributed by atoms with Gasteiger partial charge in [-0.05, 0) is 56.8 Å². The van der Waals surface area contributed by atoms with Crippen LogP contribution in [0.5, 0.6) is 11.5 Å². The molecule has 1 saturated heterocycles. The molecule has 0 amide bonds. The van der Waals surface area contributed by atoms with Gasteiger partial charge in [0, 0.05) is 24.1 Å². The van der Waals surface area contributed by atoms with E-state index in [4.69, 9.17) is 24.2 Å². The van der Waals surface area contributed by atoms with Crippen LogP contribution < -0.4 is 9.47 Å². The predicted octanol–water partition coefficient (Wildman–Crippen LogP) is 3.39. The van der Waals surface area contributed by atoms with Crippen molar-refractivity contribution in [3.63, 3.8) is 0 Å². The Balaban J connectivity index is 0.000000390. The molecule has 0 unspecified atom stereocenters. The number of piperidine rings is 1. The molecule has 0 aliphatic carbocycles. The molecule has 2 heterocycles. The van der Waals surface area contributed by atoms with E-state index in [1.165, 1.54) is 25.9 Å². The fraction of sp³-hybridized carbons (Fsp3) is 0.435. The molecular weight excluding hydrogens is 416 g/mol. The number of methoxy groups -OCH3 is 2. The van der Waals surface area contributed by atoms with Crippen LogP contribution in [0.25, 0.3) is 11.0 Å². The minimum Gasteiger partial charge on any atom is -0.493 e. The first-order valence-electron chi connectivity index (χ1n) is 10.4. The maximum atomic E-state index is 9.55. The summed E-state index contributed by atoms with van der Waals surface area (Å²) in [6.45, 7) is 7.16. The molecule has 1 aliphatic heterocycles. The van der Waals surface area contributed by atoms with Gasteiger partial charge in [-0.15, -0.1) is 6.58 Å². The number of aryl methyl sites for hydroxylation is 1. The van der Waals surface area contributed by atoms with Crippen molar-refractivity contribution >= 4 is 22.9 Å². The molecule has 0 spiro atoms. The number of carbonyl (C=O) groups is 2. The van der Waals surface area contributed by atoms with Gasteiger partial charge in [0.1, 0.15) is 0 Å². The van der Waals surface area contributed by atoms with Crippen LogP contribution in [0.1, 0.15) is 25.0 Å². The summed E-state index contributed by atoms with van der Waals surface area (Å²) in [4.78, 5) is 21.6. The number of ether oxygens (including phenoxy) is 2. The third-order valence-electron chi connectivity index (χ3n) is 5.31. The molecule has 174 valence electrons. The quantitative estimate of drug-likeness (QED) is 0.441. The summed E-state index contributed by atoms with van der Waals surface area (Å²) in [6.07, 6.45) is 7.70. The Morgan fingerprint density at radius 1 is 1.19 bits per heavy atom. The molecular formula is C23H30N2O7. The fourth-order valence-corrected chi connectivity index (χ4v) is 3.67. The zero-order valence-electron chi connectivity index (χ0n) is 18.5. The number of hydrogen-bond donors (Lipinski definition) is 2. The number of hydrogen-bond acceptors (Lipinski definition) is 7. The minimum absolute atomic E-state index is 0.558. The average Bonchev–Trinajstić information content (AvgIpc) is 3.20. The van der Waals surface area contributed by atoms with Crippen molar-refractivity contribution in [2.45, 2.75) is 25.7 Å². The molecule has 1 fully saturated rings. The van der Waals surface area contributed by atoms with Crippen LogP contribution in [0, 0.1) is 5.92 Å². The van der Waals surface area contributed by atoms with Crippen molar-refractivity contribution in [1.29, 1.82) is 0 Å². The van der Waals surface area contributed by atoms with Gasteiger partial charge in [0.2, 0.25) is 11.3 Å². The molecule has 0 radical (unpaired) electrons. The number of carboxylic acids is 2. The maximum absolute atomic E-state index is 9.55. The molecule has 3 rings (SSSR count). The summed E-state index contributed by atoms with van der Waals surface area (Å²) in [5.74, 6) is -0.466. The van der Waals surface area contributed by atoms with Crippen LogP contribution in [-0.2, 0) is 16.0 Å². The van der Waals surface area contributed by atoms with E-state index >= 15 is 0 Å². The van der Waals surface area contributed by atoms with Crippen molar-refractivity contribution in [1.82, 2.24) is 10.1 Å². The number of aliphatic carboxylic acids is 2.